The molecule has 23 heavy (non-hydrogen) atoms. The molecule has 1 aromatic carbocycles. The van der Waals surface area contributed by atoms with Crippen molar-refractivity contribution in [2.24, 2.45) is 5.92 Å². The van der Waals surface area contributed by atoms with E-state index in [0.29, 0.717) is 0 Å². The first kappa shape index (κ1) is 19.2. The molecule has 0 bridgehead atoms. The summed E-state index contributed by atoms with van der Waals surface area (Å²) in [6, 6.07) is 4.08. The van der Waals surface area contributed by atoms with E-state index in [0.717, 1.165) is 42.5 Å². The standard InChI is InChI=1S/C19H30N2O2/c1-6-8-9-16(7-2)19(23)20-12-17(22)21-18-14(4)10-13(3)11-15(18)5/h10-11,16H,6-9,12H2,1-5H3,(H,20,23)(H,21,22). The fraction of sp³-hybridized carbons (Fsp3) is 0.579. The van der Waals surface area contributed by atoms with Gasteiger partial charge in [-0.15, -0.1) is 0 Å². The molecule has 1 unspecified atom stereocenters. The summed E-state index contributed by atoms with van der Waals surface area (Å²) in [6.07, 6.45) is 3.82. The SMILES string of the molecule is CCCCC(CC)C(=O)NCC(=O)Nc1c(C)cc(C)cc1C. The zero-order chi connectivity index (χ0) is 17.4. The van der Waals surface area contributed by atoms with Crippen molar-refractivity contribution in [1.29, 1.82) is 0 Å². The molecule has 0 aliphatic carbocycles. The Hall–Kier alpha value is -1.84. The van der Waals surface area contributed by atoms with Crippen LogP contribution in [0.2, 0.25) is 0 Å². The largest absolute Gasteiger partial charge is 0.347 e. The molecule has 4 heteroatoms. The number of rotatable bonds is 8. The number of carbonyl (C=O) groups is 2. The van der Waals surface area contributed by atoms with Gasteiger partial charge in [-0.2, -0.15) is 0 Å². The van der Waals surface area contributed by atoms with Crippen LogP contribution in [0.15, 0.2) is 12.1 Å². The summed E-state index contributed by atoms with van der Waals surface area (Å²) in [5.41, 5.74) is 4.09. The van der Waals surface area contributed by atoms with Crippen molar-refractivity contribution >= 4 is 17.5 Å². The number of hydrogen-bond acceptors (Lipinski definition) is 2. The fourth-order valence-corrected chi connectivity index (χ4v) is 2.84. The molecule has 0 saturated carbocycles. The third-order valence-electron chi connectivity index (χ3n) is 4.13. The van der Waals surface area contributed by atoms with Crippen LogP contribution in [0.4, 0.5) is 5.69 Å². The minimum Gasteiger partial charge on any atom is -0.347 e. The zero-order valence-corrected chi connectivity index (χ0v) is 15.1. The third kappa shape index (κ3) is 6.05. The number of aryl methyl sites for hydroxylation is 3. The Labute approximate surface area is 140 Å². The Balaban J connectivity index is 2.56. The van der Waals surface area contributed by atoms with Crippen LogP contribution in [0.5, 0.6) is 0 Å². The van der Waals surface area contributed by atoms with Crippen molar-refractivity contribution in [3.05, 3.63) is 28.8 Å². The molecule has 0 fully saturated rings. The van der Waals surface area contributed by atoms with E-state index in [-0.39, 0.29) is 24.3 Å². The molecule has 0 aliphatic heterocycles. The number of unbranched alkanes of at least 4 members (excludes halogenated alkanes) is 1. The van der Waals surface area contributed by atoms with Gasteiger partial charge in [0, 0.05) is 11.6 Å². The lowest BCUT2D eigenvalue weighted by Crippen LogP contribution is -2.36. The maximum Gasteiger partial charge on any atom is 0.243 e. The van der Waals surface area contributed by atoms with Crippen molar-refractivity contribution in [1.82, 2.24) is 5.32 Å². The van der Waals surface area contributed by atoms with Crippen LogP contribution in [-0.2, 0) is 9.59 Å². The minimum absolute atomic E-state index is 0.00518. The molecule has 2 N–H and O–H groups in total. The van der Waals surface area contributed by atoms with E-state index in [1.807, 2.05) is 39.8 Å². The average molecular weight is 318 g/mol. The summed E-state index contributed by atoms with van der Waals surface area (Å²) in [5, 5.41) is 5.67. The van der Waals surface area contributed by atoms with E-state index in [2.05, 4.69) is 17.6 Å². The number of anilines is 1. The predicted molar refractivity (Wildman–Crippen MR) is 95.6 cm³/mol. The lowest BCUT2D eigenvalue weighted by atomic mass is 9.98. The molecular formula is C19H30N2O2. The molecule has 128 valence electrons. The van der Waals surface area contributed by atoms with Crippen molar-refractivity contribution in [2.45, 2.75) is 60.3 Å². The number of amides is 2. The molecule has 1 atom stereocenters. The predicted octanol–water partition coefficient (Wildman–Crippen LogP) is 3.88. The van der Waals surface area contributed by atoms with Gasteiger partial charge in [-0.05, 0) is 44.7 Å². The molecule has 0 aromatic heterocycles. The van der Waals surface area contributed by atoms with Crippen molar-refractivity contribution in [3.8, 4) is 0 Å². The number of benzene rings is 1. The second-order valence-electron chi connectivity index (χ2n) is 6.29. The second-order valence-corrected chi connectivity index (χ2v) is 6.29. The summed E-state index contributed by atoms with van der Waals surface area (Å²) < 4.78 is 0. The summed E-state index contributed by atoms with van der Waals surface area (Å²) in [7, 11) is 0. The lowest BCUT2D eigenvalue weighted by molar-refractivity contribution is -0.127. The fourth-order valence-electron chi connectivity index (χ4n) is 2.84. The number of hydrogen-bond donors (Lipinski definition) is 2. The average Bonchev–Trinajstić information content (AvgIpc) is 2.49. The van der Waals surface area contributed by atoms with Gasteiger partial charge in [0.25, 0.3) is 0 Å². The lowest BCUT2D eigenvalue weighted by Gasteiger charge is -2.16. The highest BCUT2D eigenvalue weighted by atomic mass is 16.2. The first-order valence-electron chi connectivity index (χ1n) is 8.54. The van der Waals surface area contributed by atoms with Crippen LogP contribution in [-0.4, -0.2) is 18.4 Å². The molecule has 0 spiro atoms. The number of nitrogens with one attached hydrogen (secondary N) is 2. The van der Waals surface area contributed by atoms with Crippen molar-refractivity contribution in [3.63, 3.8) is 0 Å². The highest BCUT2D eigenvalue weighted by Crippen LogP contribution is 2.21. The van der Waals surface area contributed by atoms with Crippen molar-refractivity contribution < 1.29 is 9.59 Å². The Morgan fingerprint density at radius 3 is 2.22 bits per heavy atom. The van der Waals surface area contributed by atoms with Crippen LogP contribution in [0.25, 0.3) is 0 Å². The minimum atomic E-state index is -0.182. The molecule has 1 rings (SSSR count). The molecule has 0 saturated heterocycles. The van der Waals surface area contributed by atoms with Gasteiger partial charge in [-0.25, -0.2) is 0 Å². The van der Waals surface area contributed by atoms with Gasteiger partial charge in [0.15, 0.2) is 0 Å². The topological polar surface area (TPSA) is 58.2 Å². The van der Waals surface area contributed by atoms with E-state index >= 15 is 0 Å². The Bertz CT molecular complexity index is 529. The summed E-state index contributed by atoms with van der Waals surface area (Å²) in [4.78, 5) is 24.2. The third-order valence-corrected chi connectivity index (χ3v) is 4.13. The Morgan fingerprint density at radius 1 is 1.09 bits per heavy atom. The molecule has 0 aliphatic rings. The van der Waals surface area contributed by atoms with E-state index in [1.165, 1.54) is 5.56 Å². The summed E-state index contributed by atoms with van der Waals surface area (Å²) >= 11 is 0. The first-order chi connectivity index (χ1) is 10.9. The van der Waals surface area contributed by atoms with Crippen LogP contribution in [0.3, 0.4) is 0 Å². The van der Waals surface area contributed by atoms with E-state index in [9.17, 15) is 9.59 Å². The van der Waals surface area contributed by atoms with E-state index in [1.54, 1.807) is 0 Å². The zero-order valence-electron chi connectivity index (χ0n) is 15.1. The normalized spacial score (nSPS) is 11.9. The molecule has 4 nitrogen and oxygen atoms in total. The highest BCUT2D eigenvalue weighted by Gasteiger charge is 2.16. The highest BCUT2D eigenvalue weighted by molar-refractivity contribution is 5.96. The van der Waals surface area contributed by atoms with E-state index < -0.39 is 0 Å². The maximum atomic E-state index is 12.1. The molecular weight excluding hydrogens is 288 g/mol. The van der Waals surface area contributed by atoms with E-state index in [4.69, 9.17) is 0 Å². The van der Waals surface area contributed by atoms with Gasteiger partial charge >= 0.3 is 0 Å². The van der Waals surface area contributed by atoms with Gasteiger partial charge in [-0.1, -0.05) is 44.4 Å². The van der Waals surface area contributed by atoms with Crippen LogP contribution in [0, 0.1) is 26.7 Å². The quantitative estimate of drug-likeness (QED) is 0.764. The second kappa shape index (κ2) is 9.33. The molecule has 1 aromatic rings. The maximum absolute atomic E-state index is 12.1. The summed E-state index contributed by atoms with van der Waals surface area (Å²) in [6.45, 7) is 10.1. The van der Waals surface area contributed by atoms with Crippen LogP contribution in [0.1, 0.15) is 56.2 Å². The Morgan fingerprint density at radius 2 is 1.70 bits per heavy atom. The molecule has 2 amide bonds. The van der Waals surface area contributed by atoms with Gasteiger partial charge in [0.05, 0.1) is 6.54 Å². The smallest absolute Gasteiger partial charge is 0.243 e. The Kier molecular flexibility index (Phi) is 7.79. The van der Waals surface area contributed by atoms with Crippen molar-refractivity contribution in [2.75, 3.05) is 11.9 Å². The van der Waals surface area contributed by atoms with Gasteiger partial charge in [0.1, 0.15) is 0 Å². The first-order valence-corrected chi connectivity index (χ1v) is 8.54. The molecule has 0 radical (unpaired) electrons. The van der Waals surface area contributed by atoms with Gasteiger partial charge < -0.3 is 10.6 Å². The van der Waals surface area contributed by atoms with Crippen LogP contribution < -0.4 is 10.6 Å². The monoisotopic (exact) mass is 318 g/mol. The molecule has 0 heterocycles. The van der Waals surface area contributed by atoms with Crippen LogP contribution >= 0.6 is 0 Å². The number of carbonyl (C=O) groups excluding carboxylic acids is 2. The van der Waals surface area contributed by atoms with Gasteiger partial charge in [-0.3, -0.25) is 9.59 Å². The summed E-state index contributed by atoms with van der Waals surface area (Å²) in [5.74, 6) is -0.196. The van der Waals surface area contributed by atoms with Gasteiger partial charge in [0.2, 0.25) is 11.8 Å².